The Hall–Kier alpha value is -0.860. The standard InChI is InChI=1S/C16H26N2/c1-14-7-9-16(12-17,10-8-14)13-18-11-15-5-3-2-4-6-15/h2-6,14,18H,7-13,17H2,1H3. The minimum atomic E-state index is 0.349. The van der Waals surface area contributed by atoms with Crippen LogP contribution >= 0.6 is 0 Å². The predicted octanol–water partition coefficient (Wildman–Crippen LogP) is 2.93. The quantitative estimate of drug-likeness (QED) is 0.838. The highest BCUT2D eigenvalue weighted by Crippen LogP contribution is 2.37. The first-order valence-corrected chi connectivity index (χ1v) is 7.19. The Balaban J connectivity index is 1.81. The van der Waals surface area contributed by atoms with Crippen molar-refractivity contribution in [1.82, 2.24) is 5.32 Å². The number of rotatable bonds is 5. The number of hydrogen-bond acceptors (Lipinski definition) is 2. The highest BCUT2D eigenvalue weighted by atomic mass is 14.9. The van der Waals surface area contributed by atoms with Gasteiger partial charge in [0.2, 0.25) is 0 Å². The number of nitrogens with one attached hydrogen (secondary N) is 1. The number of nitrogens with two attached hydrogens (primary N) is 1. The molecule has 1 fully saturated rings. The number of benzene rings is 1. The molecule has 1 aromatic carbocycles. The maximum Gasteiger partial charge on any atom is 0.0205 e. The third kappa shape index (κ3) is 3.56. The summed E-state index contributed by atoms with van der Waals surface area (Å²) >= 11 is 0. The summed E-state index contributed by atoms with van der Waals surface area (Å²) in [5.41, 5.74) is 7.73. The molecule has 100 valence electrons. The third-order valence-corrected chi connectivity index (χ3v) is 4.44. The Morgan fingerprint density at radius 2 is 1.89 bits per heavy atom. The lowest BCUT2D eigenvalue weighted by Crippen LogP contribution is -2.42. The Kier molecular flexibility index (Phi) is 4.79. The molecule has 1 aliphatic rings. The molecule has 0 heterocycles. The first-order chi connectivity index (χ1) is 8.74. The van der Waals surface area contributed by atoms with Crippen molar-refractivity contribution in [3.8, 4) is 0 Å². The van der Waals surface area contributed by atoms with Crippen molar-refractivity contribution >= 4 is 0 Å². The molecule has 2 nitrogen and oxygen atoms in total. The van der Waals surface area contributed by atoms with Gasteiger partial charge in [0.1, 0.15) is 0 Å². The topological polar surface area (TPSA) is 38.0 Å². The second-order valence-electron chi connectivity index (χ2n) is 5.98. The molecule has 1 aromatic rings. The molecule has 0 atom stereocenters. The minimum absolute atomic E-state index is 0.349. The molecule has 0 aliphatic heterocycles. The highest BCUT2D eigenvalue weighted by molar-refractivity contribution is 5.14. The van der Waals surface area contributed by atoms with Crippen LogP contribution in [0.5, 0.6) is 0 Å². The van der Waals surface area contributed by atoms with Crippen molar-refractivity contribution in [2.45, 2.75) is 39.2 Å². The molecule has 0 amide bonds. The van der Waals surface area contributed by atoms with Gasteiger partial charge in [-0.2, -0.15) is 0 Å². The molecular formula is C16H26N2. The molecule has 2 rings (SSSR count). The van der Waals surface area contributed by atoms with Crippen LogP contribution in [0, 0.1) is 11.3 Å². The maximum absolute atomic E-state index is 6.02. The van der Waals surface area contributed by atoms with Gasteiger partial charge in [-0.1, -0.05) is 50.1 Å². The molecular weight excluding hydrogens is 220 g/mol. The lowest BCUT2D eigenvalue weighted by molar-refractivity contribution is 0.159. The van der Waals surface area contributed by atoms with E-state index in [1.165, 1.54) is 31.2 Å². The van der Waals surface area contributed by atoms with Gasteiger partial charge >= 0.3 is 0 Å². The van der Waals surface area contributed by atoms with Gasteiger partial charge in [-0.15, -0.1) is 0 Å². The van der Waals surface area contributed by atoms with Gasteiger partial charge < -0.3 is 11.1 Å². The van der Waals surface area contributed by atoms with Gasteiger partial charge in [0.05, 0.1) is 0 Å². The van der Waals surface area contributed by atoms with Gasteiger partial charge in [0, 0.05) is 13.1 Å². The fraction of sp³-hybridized carbons (Fsp3) is 0.625. The first kappa shape index (κ1) is 13.6. The SMILES string of the molecule is CC1CCC(CN)(CNCc2ccccc2)CC1. The van der Waals surface area contributed by atoms with Gasteiger partial charge in [-0.05, 0) is 36.3 Å². The zero-order chi connectivity index (χ0) is 12.8. The van der Waals surface area contributed by atoms with E-state index in [0.29, 0.717) is 5.41 Å². The van der Waals surface area contributed by atoms with E-state index in [4.69, 9.17) is 5.73 Å². The summed E-state index contributed by atoms with van der Waals surface area (Å²) in [4.78, 5) is 0. The maximum atomic E-state index is 6.02. The number of hydrogen-bond donors (Lipinski definition) is 2. The monoisotopic (exact) mass is 246 g/mol. The van der Waals surface area contributed by atoms with E-state index < -0.39 is 0 Å². The molecule has 3 N–H and O–H groups in total. The van der Waals surface area contributed by atoms with Crippen LogP contribution in [0.15, 0.2) is 30.3 Å². The smallest absolute Gasteiger partial charge is 0.0205 e. The fourth-order valence-electron chi connectivity index (χ4n) is 2.90. The Bertz CT molecular complexity index is 339. The average molecular weight is 246 g/mol. The van der Waals surface area contributed by atoms with Gasteiger partial charge in [-0.25, -0.2) is 0 Å². The van der Waals surface area contributed by atoms with Crippen molar-refractivity contribution in [3.63, 3.8) is 0 Å². The molecule has 1 aliphatic carbocycles. The van der Waals surface area contributed by atoms with Crippen molar-refractivity contribution in [2.75, 3.05) is 13.1 Å². The minimum Gasteiger partial charge on any atom is -0.330 e. The summed E-state index contributed by atoms with van der Waals surface area (Å²) in [5, 5.41) is 3.60. The van der Waals surface area contributed by atoms with E-state index in [1.807, 2.05) is 0 Å². The van der Waals surface area contributed by atoms with Crippen LogP contribution in [0.1, 0.15) is 38.2 Å². The average Bonchev–Trinajstić information content (AvgIpc) is 2.43. The molecule has 0 aromatic heterocycles. The van der Waals surface area contributed by atoms with E-state index in [-0.39, 0.29) is 0 Å². The second-order valence-corrected chi connectivity index (χ2v) is 5.98. The molecule has 0 unspecified atom stereocenters. The lowest BCUT2D eigenvalue weighted by Gasteiger charge is -2.38. The molecule has 18 heavy (non-hydrogen) atoms. The van der Waals surface area contributed by atoms with Crippen LogP contribution < -0.4 is 11.1 Å². The van der Waals surface area contributed by atoms with Crippen molar-refractivity contribution in [2.24, 2.45) is 17.1 Å². The highest BCUT2D eigenvalue weighted by Gasteiger charge is 2.32. The summed E-state index contributed by atoms with van der Waals surface area (Å²) in [6.45, 7) is 5.20. The lowest BCUT2D eigenvalue weighted by atomic mass is 9.71. The van der Waals surface area contributed by atoms with Crippen molar-refractivity contribution < 1.29 is 0 Å². The molecule has 2 heteroatoms. The van der Waals surface area contributed by atoms with Gasteiger partial charge in [0.25, 0.3) is 0 Å². The Morgan fingerprint density at radius 3 is 2.50 bits per heavy atom. The van der Waals surface area contributed by atoms with Crippen LogP contribution in [-0.4, -0.2) is 13.1 Å². The van der Waals surface area contributed by atoms with E-state index in [0.717, 1.165) is 25.6 Å². The van der Waals surface area contributed by atoms with Crippen LogP contribution in [0.3, 0.4) is 0 Å². The van der Waals surface area contributed by atoms with Crippen LogP contribution in [0.2, 0.25) is 0 Å². The van der Waals surface area contributed by atoms with Crippen LogP contribution in [0.4, 0.5) is 0 Å². The second kappa shape index (κ2) is 6.35. The summed E-state index contributed by atoms with van der Waals surface area (Å²) in [7, 11) is 0. The van der Waals surface area contributed by atoms with Crippen molar-refractivity contribution in [3.05, 3.63) is 35.9 Å². The van der Waals surface area contributed by atoms with Crippen molar-refractivity contribution in [1.29, 1.82) is 0 Å². The first-order valence-electron chi connectivity index (χ1n) is 7.19. The zero-order valence-corrected chi connectivity index (χ0v) is 11.5. The normalized spacial score (nSPS) is 28.2. The van der Waals surface area contributed by atoms with E-state index >= 15 is 0 Å². The zero-order valence-electron chi connectivity index (χ0n) is 11.5. The molecule has 0 radical (unpaired) electrons. The van der Waals surface area contributed by atoms with Crippen LogP contribution in [-0.2, 0) is 6.54 Å². The molecule has 0 bridgehead atoms. The molecule has 0 spiro atoms. The fourth-order valence-corrected chi connectivity index (χ4v) is 2.90. The molecule has 1 saturated carbocycles. The Morgan fingerprint density at radius 1 is 1.22 bits per heavy atom. The summed E-state index contributed by atoms with van der Waals surface area (Å²) < 4.78 is 0. The van der Waals surface area contributed by atoms with Crippen LogP contribution in [0.25, 0.3) is 0 Å². The summed E-state index contributed by atoms with van der Waals surface area (Å²) in [6, 6.07) is 10.6. The third-order valence-electron chi connectivity index (χ3n) is 4.44. The largest absolute Gasteiger partial charge is 0.330 e. The summed E-state index contributed by atoms with van der Waals surface area (Å²) in [5.74, 6) is 0.888. The summed E-state index contributed by atoms with van der Waals surface area (Å²) in [6.07, 6.45) is 5.24. The van der Waals surface area contributed by atoms with Gasteiger partial charge in [-0.3, -0.25) is 0 Å². The van der Waals surface area contributed by atoms with E-state index in [1.54, 1.807) is 0 Å². The Labute approximate surface area is 111 Å². The predicted molar refractivity (Wildman–Crippen MR) is 77.3 cm³/mol. The molecule has 0 saturated heterocycles. The van der Waals surface area contributed by atoms with Gasteiger partial charge in [0.15, 0.2) is 0 Å². The van der Waals surface area contributed by atoms with E-state index in [9.17, 15) is 0 Å². The van der Waals surface area contributed by atoms with E-state index in [2.05, 4.69) is 42.6 Å².